The molecular weight excluding hydrogens is 143 g/mol. The van der Waals surface area contributed by atoms with Crippen molar-refractivity contribution in [3.63, 3.8) is 0 Å². The number of alkyl halides is 1. The molecule has 1 fully saturated rings. The molecule has 0 aromatic heterocycles. The molecule has 1 aliphatic rings. The second-order valence-electron chi connectivity index (χ2n) is 3.24. The number of rotatable bonds is 3. The summed E-state index contributed by atoms with van der Waals surface area (Å²) in [6, 6.07) is 0. The molecule has 1 unspecified atom stereocenters. The topological polar surface area (TPSA) is 17.1 Å². The number of halogens is 1. The van der Waals surface area contributed by atoms with Gasteiger partial charge in [-0.3, -0.25) is 9.18 Å². The predicted octanol–water partition coefficient (Wildman–Crippen LogP) is 2.50. The Balaban J connectivity index is 2.24. The SMILES string of the molecule is O=C1CCCCC1CCCF. The molecule has 0 heterocycles. The standard InChI is InChI=1S/C9H15FO/c10-7-3-5-8-4-1-2-6-9(8)11/h8H,1-7H2. The number of ketones is 1. The largest absolute Gasteiger partial charge is 0.299 e. The summed E-state index contributed by atoms with van der Waals surface area (Å²) < 4.78 is 11.8. The van der Waals surface area contributed by atoms with Crippen molar-refractivity contribution in [2.75, 3.05) is 6.67 Å². The van der Waals surface area contributed by atoms with Gasteiger partial charge in [-0.2, -0.15) is 0 Å². The summed E-state index contributed by atoms with van der Waals surface area (Å²) >= 11 is 0. The summed E-state index contributed by atoms with van der Waals surface area (Å²) in [7, 11) is 0. The smallest absolute Gasteiger partial charge is 0.135 e. The minimum Gasteiger partial charge on any atom is -0.299 e. The van der Waals surface area contributed by atoms with Crippen LogP contribution in [-0.4, -0.2) is 12.5 Å². The van der Waals surface area contributed by atoms with Gasteiger partial charge in [-0.25, -0.2) is 0 Å². The van der Waals surface area contributed by atoms with Gasteiger partial charge in [0.2, 0.25) is 0 Å². The van der Waals surface area contributed by atoms with Crippen LogP contribution < -0.4 is 0 Å². The maximum Gasteiger partial charge on any atom is 0.135 e. The molecule has 0 aliphatic heterocycles. The molecule has 1 saturated carbocycles. The molecule has 1 atom stereocenters. The van der Waals surface area contributed by atoms with E-state index in [4.69, 9.17) is 0 Å². The number of hydrogen-bond donors (Lipinski definition) is 0. The molecule has 0 bridgehead atoms. The van der Waals surface area contributed by atoms with Gasteiger partial charge in [-0.1, -0.05) is 6.42 Å². The van der Waals surface area contributed by atoms with Crippen molar-refractivity contribution in [2.24, 2.45) is 5.92 Å². The summed E-state index contributed by atoms with van der Waals surface area (Å²) in [6.07, 6.45) is 5.27. The van der Waals surface area contributed by atoms with E-state index < -0.39 is 0 Å². The van der Waals surface area contributed by atoms with E-state index >= 15 is 0 Å². The van der Waals surface area contributed by atoms with E-state index in [1.54, 1.807) is 0 Å². The number of carbonyl (C=O) groups excluding carboxylic acids is 1. The molecule has 2 heteroatoms. The van der Waals surface area contributed by atoms with Gasteiger partial charge in [-0.05, 0) is 25.7 Å². The van der Waals surface area contributed by atoms with E-state index in [-0.39, 0.29) is 12.6 Å². The van der Waals surface area contributed by atoms with E-state index in [0.29, 0.717) is 12.2 Å². The molecule has 0 aromatic rings. The summed E-state index contributed by atoms with van der Waals surface area (Å²) in [5.41, 5.74) is 0. The highest BCUT2D eigenvalue weighted by Gasteiger charge is 2.20. The van der Waals surface area contributed by atoms with Gasteiger partial charge in [0, 0.05) is 12.3 Å². The molecule has 0 spiro atoms. The lowest BCUT2D eigenvalue weighted by Gasteiger charge is -2.19. The third kappa shape index (κ3) is 2.60. The molecular formula is C9H15FO. The Morgan fingerprint density at radius 1 is 1.45 bits per heavy atom. The molecule has 11 heavy (non-hydrogen) atoms. The van der Waals surface area contributed by atoms with Gasteiger partial charge in [-0.15, -0.1) is 0 Å². The van der Waals surface area contributed by atoms with Crippen LogP contribution in [0.3, 0.4) is 0 Å². The van der Waals surface area contributed by atoms with Crippen LogP contribution in [0.25, 0.3) is 0 Å². The van der Waals surface area contributed by atoms with Crippen LogP contribution in [-0.2, 0) is 4.79 Å². The lowest BCUT2D eigenvalue weighted by molar-refractivity contribution is -0.124. The highest BCUT2D eigenvalue weighted by molar-refractivity contribution is 5.81. The van der Waals surface area contributed by atoms with Crippen LogP contribution in [0.4, 0.5) is 4.39 Å². The first-order valence-corrected chi connectivity index (χ1v) is 4.43. The molecule has 64 valence electrons. The predicted molar refractivity (Wildman–Crippen MR) is 42.2 cm³/mol. The molecule has 0 radical (unpaired) electrons. The van der Waals surface area contributed by atoms with Gasteiger partial charge in [0.05, 0.1) is 6.67 Å². The zero-order valence-corrected chi connectivity index (χ0v) is 6.81. The first kappa shape index (κ1) is 8.69. The van der Waals surface area contributed by atoms with Gasteiger partial charge < -0.3 is 0 Å². The Hall–Kier alpha value is -0.400. The first-order chi connectivity index (χ1) is 5.34. The van der Waals surface area contributed by atoms with Crippen molar-refractivity contribution < 1.29 is 9.18 Å². The fourth-order valence-corrected chi connectivity index (χ4v) is 1.68. The zero-order valence-electron chi connectivity index (χ0n) is 6.81. The Labute approximate surface area is 67.0 Å². The van der Waals surface area contributed by atoms with Gasteiger partial charge in [0.1, 0.15) is 5.78 Å². The molecule has 1 rings (SSSR count). The molecule has 0 saturated heterocycles. The first-order valence-electron chi connectivity index (χ1n) is 4.43. The number of Topliss-reactive ketones (excluding diaryl/α,β-unsaturated/α-hetero) is 1. The minimum atomic E-state index is -0.274. The normalized spacial score (nSPS) is 25.5. The summed E-state index contributed by atoms with van der Waals surface area (Å²) in [5.74, 6) is 0.559. The van der Waals surface area contributed by atoms with Crippen LogP contribution in [0.1, 0.15) is 38.5 Å². The van der Waals surface area contributed by atoms with Crippen molar-refractivity contribution in [3.8, 4) is 0 Å². The zero-order chi connectivity index (χ0) is 8.10. The van der Waals surface area contributed by atoms with Crippen molar-refractivity contribution >= 4 is 5.78 Å². The van der Waals surface area contributed by atoms with E-state index in [1.807, 2.05) is 0 Å². The quantitative estimate of drug-likeness (QED) is 0.616. The second kappa shape index (κ2) is 4.47. The van der Waals surface area contributed by atoms with Crippen LogP contribution in [0.2, 0.25) is 0 Å². The average Bonchev–Trinajstić information content (AvgIpc) is 2.03. The number of hydrogen-bond acceptors (Lipinski definition) is 1. The average molecular weight is 158 g/mol. The van der Waals surface area contributed by atoms with E-state index in [0.717, 1.165) is 32.1 Å². The Bertz CT molecular complexity index is 134. The number of carbonyl (C=O) groups is 1. The molecule has 1 nitrogen and oxygen atoms in total. The van der Waals surface area contributed by atoms with Gasteiger partial charge in [0.25, 0.3) is 0 Å². The van der Waals surface area contributed by atoms with Crippen molar-refractivity contribution in [3.05, 3.63) is 0 Å². The van der Waals surface area contributed by atoms with Gasteiger partial charge >= 0.3 is 0 Å². The molecule has 0 aromatic carbocycles. The van der Waals surface area contributed by atoms with Crippen LogP contribution >= 0.6 is 0 Å². The lowest BCUT2D eigenvalue weighted by atomic mass is 9.85. The second-order valence-corrected chi connectivity index (χ2v) is 3.24. The van der Waals surface area contributed by atoms with Crippen LogP contribution in [0.5, 0.6) is 0 Å². The van der Waals surface area contributed by atoms with Gasteiger partial charge in [0.15, 0.2) is 0 Å². The van der Waals surface area contributed by atoms with Crippen molar-refractivity contribution in [2.45, 2.75) is 38.5 Å². The Morgan fingerprint density at radius 3 is 2.91 bits per heavy atom. The fraction of sp³-hybridized carbons (Fsp3) is 0.889. The summed E-state index contributed by atoms with van der Waals surface area (Å²) in [4.78, 5) is 11.2. The fourth-order valence-electron chi connectivity index (χ4n) is 1.68. The third-order valence-electron chi connectivity index (χ3n) is 2.37. The van der Waals surface area contributed by atoms with Crippen LogP contribution in [0.15, 0.2) is 0 Å². The minimum absolute atomic E-state index is 0.194. The summed E-state index contributed by atoms with van der Waals surface area (Å²) in [5, 5.41) is 0. The summed E-state index contributed by atoms with van der Waals surface area (Å²) in [6.45, 7) is -0.274. The molecule has 0 N–H and O–H groups in total. The highest BCUT2D eigenvalue weighted by atomic mass is 19.1. The lowest BCUT2D eigenvalue weighted by Crippen LogP contribution is -2.18. The molecule has 0 amide bonds. The van der Waals surface area contributed by atoms with E-state index in [2.05, 4.69) is 0 Å². The Morgan fingerprint density at radius 2 is 2.27 bits per heavy atom. The third-order valence-corrected chi connectivity index (χ3v) is 2.37. The van der Waals surface area contributed by atoms with E-state index in [9.17, 15) is 9.18 Å². The molecule has 1 aliphatic carbocycles. The Kier molecular flexibility index (Phi) is 3.53. The highest BCUT2D eigenvalue weighted by Crippen LogP contribution is 2.24. The maximum absolute atomic E-state index is 11.8. The van der Waals surface area contributed by atoms with Crippen molar-refractivity contribution in [1.29, 1.82) is 0 Å². The van der Waals surface area contributed by atoms with Crippen LogP contribution in [0, 0.1) is 5.92 Å². The monoisotopic (exact) mass is 158 g/mol. The van der Waals surface area contributed by atoms with E-state index in [1.165, 1.54) is 0 Å². The maximum atomic E-state index is 11.8. The van der Waals surface area contributed by atoms with Crippen molar-refractivity contribution in [1.82, 2.24) is 0 Å².